The van der Waals surface area contributed by atoms with Crippen LogP contribution in [-0.4, -0.2) is 39.5 Å². The van der Waals surface area contributed by atoms with Gasteiger partial charge >= 0.3 is 0 Å². The molecule has 2 fully saturated rings. The van der Waals surface area contributed by atoms with Crippen molar-refractivity contribution in [2.24, 2.45) is 18.4 Å². The molecule has 4 rings (SSSR count). The minimum atomic E-state index is -0.0600. The zero-order valence-corrected chi connectivity index (χ0v) is 16.1. The normalized spacial score (nSPS) is 36.5. The van der Waals surface area contributed by atoms with E-state index >= 15 is 0 Å². The van der Waals surface area contributed by atoms with Crippen molar-refractivity contribution in [2.75, 3.05) is 6.61 Å². The van der Waals surface area contributed by atoms with Gasteiger partial charge in [0.2, 0.25) is 0 Å². The largest absolute Gasteiger partial charge is 0.396 e. The fourth-order valence-corrected chi connectivity index (χ4v) is 5.37. The molecule has 1 aliphatic heterocycles. The van der Waals surface area contributed by atoms with Crippen molar-refractivity contribution in [3.05, 3.63) is 17.0 Å². The predicted octanol–water partition coefficient (Wildman–Crippen LogP) is 2.50. The van der Waals surface area contributed by atoms with E-state index in [1.165, 1.54) is 12.8 Å². The topological polar surface area (TPSA) is 76.4 Å². The van der Waals surface area contributed by atoms with Gasteiger partial charge in [0.1, 0.15) is 5.69 Å². The first-order valence-corrected chi connectivity index (χ1v) is 10.0. The maximum Gasteiger partial charge on any atom is 0.270 e. The molecule has 2 aliphatic carbocycles. The van der Waals surface area contributed by atoms with Gasteiger partial charge in [-0.25, -0.2) is 0 Å². The van der Waals surface area contributed by atoms with Crippen LogP contribution in [0.2, 0.25) is 0 Å². The summed E-state index contributed by atoms with van der Waals surface area (Å²) in [7, 11) is 1.85. The number of carbonyl (C=O) groups excluding carboxylic acids is 1. The van der Waals surface area contributed by atoms with Crippen LogP contribution in [-0.2, 0) is 18.2 Å². The fourth-order valence-electron chi connectivity index (χ4n) is 5.37. The van der Waals surface area contributed by atoms with E-state index in [0.29, 0.717) is 23.6 Å². The minimum Gasteiger partial charge on any atom is -0.396 e. The fraction of sp³-hybridized carbons (Fsp3) is 0.800. The van der Waals surface area contributed by atoms with Crippen LogP contribution in [0.4, 0.5) is 0 Å². The van der Waals surface area contributed by atoms with Crippen LogP contribution in [0.25, 0.3) is 0 Å². The number of aliphatic hydroxyl groups is 1. The van der Waals surface area contributed by atoms with E-state index in [1.807, 2.05) is 20.9 Å². The van der Waals surface area contributed by atoms with Crippen LogP contribution in [0.5, 0.6) is 0 Å². The highest BCUT2D eigenvalue weighted by Crippen LogP contribution is 2.52. The summed E-state index contributed by atoms with van der Waals surface area (Å²) in [6.45, 7) is 4.37. The summed E-state index contributed by atoms with van der Waals surface area (Å²) in [5.41, 5.74) is 3.07. The maximum absolute atomic E-state index is 12.9. The molecule has 1 aromatic rings. The molecule has 0 radical (unpaired) electrons. The molecule has 0 saturated heterocycles. The molecule has 3 aliphatic rings. The first kappa shape index (κ1) is 18.0. The molecule has 2 saturated carbocycles. The van der Waals surface area contributed by atoms with Crippen LogP contribution in [0.1, 0.15) is 80.2 Å². The van der Waals surface area contributed by atoms with Gasteiger partial charge in [0.15, 0.2) is 0 Å². The molecule has 6 heteroatoms. The van der Waals surface area contributed by atoms with Crippen LogP contribution >= 0.6 is 0 Å². The molecular formula is C20H31N3O3. The van der Waals surface area contributed by atoms with E-state index < -0.39 is 0 Å². The van der Waals surface area contributed by atoms with Crippen molar-refractivity contribution >= 4 is 5.91 Å². The van der Waals surface area contributed by atoms with E-state index in [9.17, 15) is 9.90 Å². The van der Waals surface area contributed by atoms with Crippen molar-refractivity contribution in [2.45, 2.75) is 77.0 Å². The highest BCUT2D eigenvalue weighted by atomic mass is 16.5. The Labute approximate surface area is 155 Å². The number of ether oxygens (including phenoxy) is 1. The zero-order chi connectivity index (χ0) is 18.5. The molecule has 6 nitrogen and oxygen atoms in total. The number of rotatable bonds is 3. The summed E-state index contributed by atoms with van der Waals surface area (Å²) in [4.78, 5) is 12.9. The first-order valence-electron chi connectivity index (χ1n) is 10.0. The Morgan fingerprint density at radius 1 is 1.35 bits per heavy atom. The Hall–Kier alpha value is -1.40. The Morgan fingerprint density at radius 3 is 2.69 bits per heavy atom. The van der Waals surface area contributed by atoms with Gasteiger partial charge in [-0.05, 0) is 63.7 Å². The van der Waals surface area contributed by atoms with Gasteiger partial charge in [-0.15, -0.1) is 0 Å². The standard InChI is InChI=1S/C20H31N3O3/c1-12-8-16-17(13(2)26-12)22-23(3)18(16)19(25)21-15-9-20(10-15)6-4-14(11-24)5-7-20/h12-15,24H,4-11H2,1-3H3,(H,21,25)/t12-,13+,14?,15?,20?/m1/s1. The summed E-state index contributed by atoms with van der Waals surface area (Å²) >= 11 is 0. The Kier molecular flexibility index (Phi) is 4.59. The van der Waals surface area contributed by atoms with E-state index in [0.717, 1.165) is 43.4 Å². The third kappa shape index (κ3) is 3.07. The number of fused-ring (bicyclic) bond motifs is 1. The van der Waals surface area contributed by atoms with Gasteiger partial charge in [-0.3, -0.25) is 9.48 Å². The van der Waals surface area contributed by atoms with Crippen molar-refractivity contribution in [1.29, 1.82) is 0 Å². The summed E-state index contributed by atoms with van der Waals surface area (Å²) in [6.07, 6.45) is 7.59. The number of nitrogens with one attached hydrogen (secondary N) is 1. The lowest BCUT2D eigenvalue weighted by atomic mass is 9.57. The van der Waals surface area contributed by atoms with Gasteiger partial charge in [0.25, 0.3) is 5.91 Å². The number of carbonyl (C=O) groups is 1. The van der Waals surface area contributed by atoms with Gasteiger partial charge in [-0.2, -0.15) is 5.10 Å². The van der Waals surface area contributed by atoms with E-state index in [-0.39, 0.29) is 24.2 Å². The molecule has 2 atom stereocenters. The zero-order valence-electron chi connectivity index (χ0n) is 16.1. The van der Waals surface area contributed by atoms with E-state index in [1.54, 1.807) is 4.68 Å². The lowest BCUT2D eigenvalue weighted by Gasteiger charge is -2.51. The molecule has 1 aromatic heterocycles. The molecule has 1 amide bonds. The number of hydrogen-bond acceptors (Lipinski definition) is 4. The van der Waals surface area contributed by atoms with Crippen molar-refractivity contribution in [1.82, 2.24) is 15.1 Å². The number of aryl methyl sites for hydroxylation is 1. The monoisotopic (exact) mass is 361 g/mol. The van der Waals surface area contributed by atoms with Crippen LogP contribution in [0.3, 0.4) is 0 Å². The molecule has 0 bridgehead atoms. The molecule has 0 aromatic carbocycles. The molecule has 2 heterocycles. The lowest BCUT2D eigenvalue weighted by molar-refractivity contribution is -0.00714. The second-order valence-electron chi connectivity index (χ2n) is 8.83. The number of hydrogen-bond donors (Lipinski definition) is 2. The minimum absolute atomic E-state index is 0.00597. The molecule has 0 unspecified atom stereocenters. The second-order valence-corrected chi connectivity index (χ2v) is 8.83. The SMILES string of the molecule is C[C@@H]1Cc2c(nn(C)c2C(=O)NC2CC3(CCC(CO)CC3)C2)[C@H](C)O1. The molecule has 26 heavy (non-hydrogen) atoms. The van der Waals surface area contributed by atoms with Gasteiger partial charge in [0, 0.05) is 31.7 Å². The lowest BCUT2D eigenvalue weighted by Crippen LogP contribution is -2.52. The van der Waals surface area contributed by atoms with Gasteiger partial charge in [0.05, 0.1) is 17.9 Å². The Morgan fingerprint density at radius 2 is 2.04 bits per heavy atom. The Bertz CT molecular complexity index is 683. The van der Waals surface area contributed by atoms with E-state index in [2.05, 4.69) is 10.4 Å². The van der Waals surface area contributed by atoms with Gasteiger partial charge < -0.3 is 15.2 Å². The molecule has 2 N–H and O–H groups in total. The quantitative estimate of drug-likeness (QED) is 0.867. The summed E-state index contributed by atoms with van der Waals surface area (Å²) in [5, 5.41) is 17.1. The second kappa shape index (κ2) is 6.64. The number of aromatic nitrogens is 2. The van der Waals surface area contributed by atoms with Crippen LogP contribution in [0.15, 0.2) is 0 Å². The number of nitrogens with zero attached hydrogens (tertiary/aromatic N) is 2. The smallest absolute Gasteiger partial charge is 0.270 e. The van der Waals surface area contributed by atoms with E-state index in [4.69, 9.17) is 4.74 Å². The summed E-state index contributed by atoms with van der Waals surface area (Å²) in [5.74, 6) is 0.493. The van der Waals surface area contributed by atoms with Crippen molar-refractivity contribution in [3.63, 3.8) is 0 Å². The molecular weight excluding hydrogens is 330 g/mol. The maximum atomic E-state index is 12.9. The van der Waals surface area contributed by atoms with Crippen LogP contribution < -0.4 is 5.32 Å². The third-order valence-electron chi connectivity index (χ3n) is 6.82. The van der Waals surface area contributed by atoms with Crippen molar-refractivity contribution in [3.8, 4) is 0 Å². The number of aliphatic hydroxyl groups excluding tert-OH is 1. The highest BCUT2D eigenvalue weighted by molar-refractivity contribution is 5.94. The summed E-state index contributed by atoms with van der Waals surface area (Å²) in [6, 6.07) is 0.272. The predicted molar refractivity (Wildman–Crippen MR) is 97.8 cm³/mol. The van der Waals surface area contributed by atoms with Crippen molar-refractivity contribution < 1.29 is 14.6 Å². The van der Waals surface area contributed by atoms with Gasteiger partial charge in [-0.1, -0.05) is 0 Å². The third-order valence-corrected chi connectivity index (χ3v) is 6.82. The van der Waals surface area contributed by atoms with Crippen LogP contribution in [0, 0.1) is 11.3 Å². The highest BCUT2D eigenvalue weighted by Gasteiger charge is 2.46. The molecule has 144 valence electrons. The Balaban J connectivity index is 1.40. The average molecular weight is 361 g/mol. The molecule has 1 spiro atoms. The first-order chi connectivity index (χ1) is 12.4. The average Bonchev–Trinajstić information content (AvgIpc) is 2.90. The number of amides is 1. The summed E-state index contributed by atoms with van der Waals surface area (Å²) < 4.78 is 7.56.